The van der Waals surface area contributed by atoms with Crippen LogP contribution < -0.4 is 10.6 Å². The van der Waals surface area contributed by atoms with Gasteiger partial charge in [-0.3, -0.25) is 14.4 Å². The molecule has 302 valence electrons. The van der Waals surface area contributed by atoms with Crippen LogP contribution in [0, 0.1) is 0 Å². The Hall–Kier alpha value is -6.17. The molecule has 0 saturated carbocycles. The van der Waals surface area contributed by atoms with Gasteiger partial charge in [-0.15, -0.1) is 0 Å². The monoisotopic (exact) mass is 783 g/mol. The molecule has 3 aliphatic rings. The lowest BCUT2D eigenvalue weighted by Crippen LogP contribution is -2.43. The van der Waals surface area contributed by atoms with E-state index >= 15 is 0 Å². The van der Waals surface area contributed by atoms with E-state index in [1.54, 1.807) is 23.6 Å². The highest BCUT2D eigenvalue weighted by Gasteiger charge is 2.37. The number of nitrogens with one attached hydrogen (secondary N) is 4. The van der Waals surface area contributed by atoms with E-state index in [-0.39, 0.29) is 36.4 Å². The molecule has 2 unspecified atom stereocenters. The van der Waals surface area contributed by atoms with Gasteiger partial charge < -0.3 is 35.1 Å². The van der Waals surface area contributed by atoms with E-state index in [9.17, 15) is 19.2 Å². The van der Waals surface area contributed by atoms with Crippen molar-refractivity contribution in [3.63, 3.8) is 0 Å². The number of rotatable bonds is 14. The Kier molecular flexibility index (Phi) is 12.7. The van der Waals surface area contributed by atoms with Crippen LogP contribution in [-0.4, -0.2) is 74.3 Å². The summed E-state index contributed by atoms with van der Waals surface area (Å²) < 4.78 is 5.33. The van der Waals surface area contributed by atoms with Crippen LogP contribution in [0.25, 0.3) is 27.7 Å². The summed E-state index contributed by atoms with van der Waals surface area (Å²) in [5.41, 5.74) is 7.53. The van der Waals surface area contributed by atoms with E-state index in [4.69, 9.17) is 9.72 Å². The summed E-state index contributed by atoms with van der Waals surface area (Å²) >= 11 is 0. The molecule has 4 N–H and O–H groups in total. The van der Waals surface area contributed by atoms with Gasteiger partial charge in [-0.05, 0) is 99.8 Å². The second kappa shape index (κ2) is 18.4. The van der Waals surface area contributed by atoms with Gasteiger partial charge in [0.15, 0.2) is 0 Å². The van der Waals surface area contributed by atoms with Crippen molar-refractivity contribution in [3.8, 4) is 11.3 Å². The Balaban J connectivity index is 0.999. The molecule has 1 aliphatic heterocycles. The number of allylic oxidation sites excluding steroid dienone is 7. The molecule has 0 spiro atoms. The zero-order valence-corrected chi connectivity index (χ0v) is 33.6. The summed E-state index contributed by atoms with van der Waals surface area (Å²) in [5.74, 6) is 0.295. The summed E-state index contributed by atoms with van der Waals surface area (Å²) in [6.07, 6.45) is 17.1. The van der Waals surface area contributed by atoms with Crippen molar-refractivity contribution in [1.29, 1.82) is 0 Å². The van der Waals surface area contributed by atoms with Crippen LogP contribution in [0.3, 0.4) is 0 Å². The molecule has 2 aromatic heterocycles. The third-order valence-corrected chi connectivity index (χ3v) is 10.8. The van der Waals surface area contributed by atoms with Gasteiger partial charge in [0.05, 0.1) is 37.0 Å². The van der Waals surface area contributed by atoms with Gasteiger partial charge in [-0.2, -0.15) is 0 Å². The van der Waals surface area contributed by atoms with Crippen LogP contribution in [-0.2, 0) is 19.1 Å². The predicted molar refractivity (Wildman–Crippen MR) is 225 cm³/mol. The third-order valence-electron chi connectivity index (χ3n) is 10.8. The quantitative estimate of drug-likeness (QED) is 0.101. The number of ether oxygens (including phenoxy) is 1. The van der Waals surface area contributed by atoms with Crippen molar-refractivity contribution in [1.82, 2.24) is 35.4 Å². The highest BCUT2D eigenvalue weighted by Crippen LogP contribution is 2.35. The molecule has 2 aromatic carbocycles. The number of nitrogens with zero attached hydrogens (tertiary/aromatic N) is 3. The number of alkyl carbamates (subject to hydrolysis) is 1. The van der Waals surface area contributed by atoms with Crippen molar-refractivity contribution < 1.29 is 23.9 Å². The van der Waals surface area contributed by atoms with Crippen LogP contribution in [0.4, 0.5) is 4.79 Å². The molecule has 1 saturated heterocycles. The molecular formula is C46H53N7O5. The number of carbonyl (C=O) groups is 4. The van der Waals surface area contributed by atoms with Crippen molar-refractivity contribution in [2.24, 2.45) is 0 Å². The third kappa shape index (κ3) is 9.67. The van der Waals surface area contributed by atoms with Gasteiger partial charge in [0.25, 0.3) is 5.91 Å². The first-order valence-corrected chi connectivity index (χ1v) is 20.5. The maximum absolute atomic E-state index is 14.1. The number of aromatic nitrogens is 3. The first-order chi connectivity index (χ1) is 28.1. The second-order valence-corrected chi connectivity index (χ2v) is 15.5. The molecule has 0 radical (unpaired) electrons. The summed E-state index contributed by atoms with van der Waals surface area (Å²) in [7, 11) is 0. The smallest absolute Gasteiger partial charge is 0.408 e. The summed E-state index contributed by atoms with van der Waals surface area (Å²) in [6.45, 7) is 6.69. The number of likely N-dealkylation sites (tertiary alicyclic amines) is 1. The topological polar surface area (TPSA) is 153 Å². The van der Waals surface area contributed by atoms with Crippen molar-refractivity contribution in [2.45, 2.75) is 90.3 Å². The molecule has 4 amide bonds. The lowest BCUT2D eigenvalue weighted by atomic mass is 9.99. The lowest BCUT2D eigenvalue weighted by molar-refractivity contribution is -0.135. The summed E-state index contributed by atoms with van der Waals surface area (Å²) in [4.78, 5) is 68.0. The Morgan fingerprint density at radius 2 is 1.84 bits per heavy atom. The number of fused-ring (bicyclic) bond motifs is 1. The minimum Gasteiger partial charge on any atom is -0.447 e. The first-order valence-electron chi connectivity index (χ1n) is 20.5. The fourth-order valence-electron chi connectivity index (χ4n) is 7.91. The number of hydrogen-bond donors (Lipinski definition) is 4. The molecule has 58 heavy (non-hydrogen) atoms. The molecule has 2 atom stereocenters. The minimum atomic E-state index is -0.890. The molecule has 1 fully saturated rings. The van der Waals surface area contributed by atoms with E-state index in [0.29, 0.717) is 37.3 Å². The van der Waals surface area contributed by atoms with E-state index < -0.39 is 12.1 Å². The number of hydrogen-bond acceptors (Lipinski definition) is 6. The van der Waals surface area contributed by atoms with Gasteiger partial charge in [-0.1, -0.05) is 67.6 Å². The van der Waals surface area contributed by atoms with Gasteiger partial charge in [-0.25, -0.2) is 9.78 Å². The number of amides is 4. The summed E-state index contributed by atoms with van der Waals surface area (Å²) in [5, 5.41) is 6.89. The zero-order chi connectivity index (χ0) is 40.6. The Labute approximate surface area is 339 Å². The number of benzene rings is 2. The van der Waals surface area contributed by atoms with Crippen LogP contribution >= 0.6 is 0 Å². The number of aromatic amines is 2. The Morgan fingerprint density at radius 3 is 2.59 bits per heavy atom. The van der Waals surface area contributed by atoms with Crippen LogP contribution in [0.2, 0.25) is 0 Å². The average molecular weight is 784 g/mol. The first kappa shape index (κ1) is 40.0. The molecule has 7 rings (SSSR count). The van der Waals surface area contributed by atoms with Gasteiger partial charge in [0.2, 0.25) is 11.8 Å². The number of carbonyl (C=O) groups excluding carboxylic acids is 4. The molecule has 12 nitrogen and oxygen atoms in total. The zero-order valence-electron chi connectivity index (χ0n) is 33.6. The van der Waals surface area contributed by atoms with Crippen LogP contribution in [0.15, 0.2) is 102 Å². The second-order valence-electron chi connectivity index (χ2n) is 15.5. The van der Waals surface area contributed by atoms with E-state index in [1.807, 2.05) is 67.7 Å². The Morgan fingerprint density at radius 1 is 1.00 bits per heavy atom. The molecule has 0 bridgehead atoms. The fraction of sp³-hybridized carbons (Fsp3) is 0.370. The maximum Gasteiger partial charge on any atom is 0.408 e. The number of H-pyrrole nitrogens is 2. The minimum absolute atomic E-state index is 0.0226. The standard InChI is InChI=1S/C46H53N7O5/c1-4-23-52(42(55)25-31-12-7-5-8-13-31)29-41(54)48-36-20-17-32(18-21-36)38-27-35-26-34(19-22-37(35)49-38)39-28-47-44(50-39)40-16-11-24-53(40)45(56)43(33-14-9-6-10-15-33)51-46(57)58-30(2)3/h6-7,9-10,12-15,17,19-20,22,26-28,30,40,43,49H,4-5,8,11,16,18,21,23-25,29H2,1-3H3,(H,47,50)(H,48,54)(H,51,57). The SMILES string of the molecule is CCCN(CC(=O)NC1=CC=C(c2cc3cc(-c4cnc(C5CCCN5C(=O)C(NC(=O)OC(C)C)c5ccccc5)[nH]4)ccc3[nH]2)CC1)C(=O)CC1=CCCC=C1. The van der Waals surface area contributed by atoms with Gasteiger partial charge in [0, 0.05) is 40.9 Å². The molecular weight excluding hydrogens is 731 g/mol. The molecule has 3 heterocycles. The molecule has 2 aliphatic carbocycles. The predicted octanol–water partition coefficient (Wildman–Crippen LogP) is 8.18. The highest BCUT2D eigenvalue weighted by molar-refractivity contribution is 5.90. The van der Waals surface area contributed by atoms with E-state index in [1.165, 1.54) is 0 Å². The van der Waals surface area contributed by atoms with Crippen molar-refractivity contribution in [2.75, 3.05) is 19.6 Å². The van der Waals surface area contributed by atoms with Crippen LogP contribution in [0.1, 0.15) is 101 Å². The van der Waals surface area contributed by atoms with Gasteiger partial charge in [0.1, 0.15) is 11.9 Å². The molecule has 4 aromatic rings. The maximum atomic E-state index is 14.1. The lowest BCUT2D eigenvalue weighted by Gasteiger charge is -2.28. The largest absolute Gasteiger partial charge is 0.447 e. The fourth-order valence-corrected chi connectivity index (χ4v) is 7.91. The Bertz CT molecular complexity index is 2260. The average Bonchev–Trinajstić information content (AvgIpc) is 4.00. The summed E-state index contributed by atoms with van der Waals surface area (Å²) in [6, 6.07) is 16.4. The van der Waals surface area contributed by atoms with Gasteiger partial charge >= 0.3 is 6.09 Å². The van der Waals surface area contributed by atoms with Crippen molar-refractivity contribution >= 4 is 40.3 Å². The highest BCUT2D eigenvalue weighted by atomic mass is 16.6. The number of imidazole rings is 1. The normalized spacial score (nSPS) is 17.1. The molecule has 12 heteroatoms. The van der Waals surface area contributed by atoms with Crippen molar-refractivity contribution in [3.05, 3.63) is 120 Å². The van der Waals surface area contributed by atoms with E-state index in [0.717, 1.165) is 83.2 Å². The van der Waals surface area contributed by atoms with Crippen LogP contribution in [0.5, 0.6) is 0 Å². The van der Waals surface area contributed by atoms with E-state index in [2.05, 4.69) is 51.0 Å².